The molecule has 8 heteroatoms. The highest BCUT2D eigenvalue weighted by atomic mass is 35.5. The average molecular weight is 390 g/mol. The van der Waals surface area contributed by atoms with Gasteiger partial charge in [-0.3, -0.25) is 0 Å². The van der Waals surface area contributed by atoms with E-state index in [4.69, 9.17) is 16.6 Å². The van der Waals surface area contributed by atoms with Gasteiger partial charge in [-0.1, -0.05) is 29.8 Å². The second-order valence-electron chi connectivity index (χ2n) is 6.45. The molecule has 0 aliphatic rings. The Morgan fingerprint density at radius 3 is 2.64 bits per heavy atom. The van der Waals surface area contributed by atoms with Gasteiger partial charge in [0.05, 0.1) is 11.7 Å². The molecule has 28 heavy (non-hydrogen) atoms. The molecule has 0 aliphatic heterocycles. The monoisotopic (exact) mass is 389 g/mol. The zero-order chi connectivity index (χ0) is 19.8. The molecule has 0 unspecified atom stereocenters. The Morgan fingerprint density at radius 1 is 1.07 bits per heavy atom. The molecule has 3 heterocycles. The fourth-order valence-corrected chi connectivity index (χ4v) is 3.32. The lowest BCUT2D eigenvalue weighted by Crippen LogP contribution is -2.07. The third-order valence-electron chi connectivity index (χ3n) is 4.39. The SMILES string of the molecule is Cc1nc(Cl)cc(Nc2c(C#N)cnn2-c2cc(C)c3cccc(C)c3n2)n1. The first kappa shape index (κ1) is 17.9. The molecular weight excluding hydrogens is 374 g/mol. The van der Waals surface area contributed by atoms with Crippen LogP contribution in [0.2, 0.25) is 5.15 Å². The summed E-state index contributed by atoms with van der Waals surface area (Å²) >= 11 is 6.03. The number of benzene rings is 1. The standard InChI is InChI=1S/C20H16ClN7/c1-11-5-4-6-15-12(2)7-18(27-19(11)15)28-20(14(9-22)10-23-28)26-17-8-16(21)24-13(3)25-17/h4-8,10H,1-3H3,(H,24,25,26). The van der Waals surface area contributed by atoms with Gasteiger partial charge < -0.3 is 5.32 Å². The van der Waals surface area contributed by atoms with Crippen LogP contribution in [0, 0.1) is 32.1 Å². The van der Waals surface area contributed by atoms with E-state index in [1.807, 2.05) is 38.1 Å². The molecule has 3 aromatic heterocycles. The lowest BCUT2D eigenvalue weighted by atomic mass is 10.1. The molecule has 0 spiro atoms. The minimum Gasteiger partial charge on any atom is -0.324 e. The van der Waals surface area contributed by atoms with E-state index in [2.05, 4.69) is 26.5 Å². The minimum atomic E-state index is 0.315. The van der Waals surface area contributed by atoms with Crippen molar-refractivity contribution in [2.75, 3.05) is 5.32 Å². The smallest absolute Gasteiger partial charge is 0.156 e. The van der Waals surface area contributed by atoms with Crippen molar-refractivity contribution in [1.29, 1.82) is 5.26 Å². The van der Waals surface area contributed by atoms with Gasteiger partial charge in [0, 0.05) is 11.5 Å². The van der Waals surface area contributed by atoms with Crippen molar-refractivity contribution in [2.24, 2.45) is 0 Å². The van der Waals surface area contributed by atoms with Gasteiger partial charge in [-0.2, -0.15) is 15.0 Å². The first-order valence-corrected chi connectivity index (χ1v) is 8.97. The molecule has 0 bridgehead atoms. The number of nitrogens with zero attached hydrogens (tertiary/aromatic N) is 6. The Balaban J connectivity index is 1.88. The number of aromatic nitrogens is 5. The number of rotatable bonds is 3. The predicted octanol–water partition coefficient (Wildman–Crippen LogP) is 4.40. The van der Waals surface area contributed by atoms with Crippen LogP contribution < -0.4 is 5.32 Å². The van der Waals surface area contributed by atoms with Crippen molar-refractivity contribution in [1.82, 2.24) is 24.7 Å². The molecule has 0 amide bonds. The molecule has 1 aromatic carbocycles. The van der Waals surface area contributed by atoms with Crippen LogP contribution in [-0.4, -0.2) is 24.7 Å². The Hall–Kier alpha value is -3.50. The van der Waals surface area contributed by atoms with Gasteiger partial charge in [0.15, 0.2) is 11.6 Å². The molecule has 4 rings (SSSR count). The van der Waals surface area contributed by atoms with Crippen molar-refractivity contribution in [3.05, 3.63) is 64.2 Å². The molecule has 0 atom stereocenters. The minimum absolute atomic E-state index is 0.315. The summed E-state index contributed by atoms with van der Waals surface area (Å²) in [6, 6.07) is 11.8. The summed E-state index contributed by atoms with van der Waals surface area (Å²) in [4.78, 5) is 13.2. The largest absolute Gasteiger partial charge is 0.324 e. The molecule has 0 radical (unpaired) electrons. The zero-order valence-electron chi connectivity index (χ0n) is 15.5. The molecular formula is C20H16ClN7. The van der Waals surface area contributed by atoms with E-state index in [0.29, 0.717) is 34.0 Å². The van der Waals surface area contributed by atoms with E-state index in [1.54, 1.807) is 17.7 Å². The van der Waals surface area contributed by atoms with Crippen molar-refractivity contribution >= 4 is 34.1 Å². The maximum atomic E-state index is 9.51. The van der Waals surface area contributed by atoms with Crippen LogP contribution >= 0.6 is 11.6 Å². The van der Waals surface area contributed by atoms with Gasteiger partial charge in [0.2, 0.25) is 0 Å². The van der Waals surface area contributed by atoms with Crippen LogP contribution in [0.3, 0.4) is 0 Å². The van der Waals surface area contributed by atoms with E-state index in [1.165, 1.54) is 6.20 Å². The van der Waals surface area contributed by atoms with Gasteiger partial charge in [-0.25, -0.2) is 15.0 Å². The van der Waals surface area contributed by atoms with Gasteiger partial charge in [-0.15, -0.1) is 0 Å². The van der Waals surface area contributed by atoms with E-state index < -0.39 is 0 Å². The first-order chi connectivity index (χ1) is 13.5. The molecule has 0 saturated carbocycles. The number of nitrogens with one attached hydrogen (secondary N) is 1. The molecule has 4 aromatic rings. The number of hydrogen-bond donors (Lipinski definition) is 1. The lowest BCUT2D eigenvalue weighted by molar-refractivity contribution is 0.856. The Bertz CT molecular complexity index is 1230. The molecule has 7 nitrogen and oxygen atoms in total. The molecule has 0 saturated heterocycles. The predicted molar refractivity (Wildman–Crippen MR) is 108 cm³/mol. The average Bonchev–Trinajstić information content (AvgIpc) is 3.04. The van der Waals surface area contributed by atoms with Crippen LogP contribution in [0.25, 0.3) is 16.7 Å². The van der Waals surface area contributed by atoms with Crippen LogP contribution in [0.5, 0.6) is 0 Å². The number of anilines is 2. The van der Waals surface area contributed by atoms with Gasteiger partial charge in [0.1, 0.15) is 28.4 Å². The zero-order valence-corrected chi connectivity index (χ0v) is 16.3. The first-order valence-electron chi connectivity index (χ1n) is 8.60. The summed E-state index contributed by atoms with van der Waals surface area (Å²) in [7, 11) is 0. The van der Waals surface area contributed by atoms with Crippen molar-refractivity contribution < 1.29 is 0 Å². The summed E-state index contributed by atoms with van der Waals surface area (Å²) in [5.41, 5.74) is 3.42. The highest BCUT2D eigenvalue weighted by Gasteiger charge is 2.16. The molecule has 0 aliphatic carbocycles. The summed E-state index contributed by atoms with van der Waals surface area (Å²) in [6.07, 6.45) is 1.50. The van der Waals surface area contributed by atoms with Crippen LogP contribution in [0.1, 0.15) is 22.5 Å². The third-order valence-corrected chi connectivity index (χ3v) is 4.59. The molecule has 138 valence electrons. The fraction of sp³-hybridized carbons (Fsp3) is 0.150. The number of pyridine rings is 1. The molecule has 1 N–H and O–H groups in total. The van der Waals surface area contributed by atoms with Crippen LogP contribution in [-0.2, 0) is 0 Å². The second-order valence-corrected chi connectivity index (χ2v) is 6.83. The summed E-state index contributed by atoms with van der Waals surface area (Å²) < 4.78 is 1.60. The Kier molecular flexibility index (Phi) is 4.41. The van der Waals surface area contributed by atoms with Gasteiger partial charge >= 0.3 is 0 Å². The van der Waals surface area contributed by atoms with E-state index in [9.17, 15) is 5.26 Å². The third kappa shape index (κ3) is 3.15. The number of fused-ring (bicyclic) bond motifs is 1. The maximum Gasteiger partial charge on any atom is 0.156 e. The van der Waals surface area contributed by atoms with Crippen molar-refractivity contribution in [2.45, 2.75) is 20.8 Å². The normalized spacial score (nSPS) is 10.8. The molecule has 0 fully saturated rings. The number of para-hydroxylation sites is 1. The lowest BCUT2D eigenvalue weighted by Gasteiger charge is -2.12. The second kappa shape index (κ2) is 6.91. The van der Waals surface area contributed by atoms with Gasteiger partial charge in [-0.05, 0) is 38.0 Å². The summed E-state index contributed by atoms with van der Waals surface area (Å²) in [6.45, 7) is 5.80. The van der Waals surface area contributed by atoms with Crippen molar-refractivity contribution in [3.63, 3.8) is 0 Å². The highest BCUT2D eigenvalue weighted by Crippen LogP contribution is 2.27. The Labute approximate surface area is 166 Å². The summed E-state index contributed by atoms with van der Waals surface area (Å²) in [5.74, 6) is 2.08. The number of halogens is 1. The van der Waals surface area contributed by atoms with E-state index in [-0.39, 0.29) is 0 Å². The van der Waals surface area contributed by atoms with Crippen LogP contribution in [0.15, 0.2) is 36.5 Å². The summed E-state index contributed by atoms with van der Waals surface area (Å²) in [5, 5.41) is 18.4. The number of aryl methyl sites for hydroxylation is 3. The quantitative estimate of drug-likeness (QED) is 0.522. The topological polar surface area (TPSA) is 92.3 Å². The van der Waals surface area contributed by atoms with Gasteiger partial charge in [0.25, 0.3) is 0 Å². The fourth-order valence-electron chi connectivity index (χ4n) is 3.09. The Morgan fingerprint density at radius 2 is 1.89 bits per heavy atom. The maximum absolute atomic E-state index is 9.51. The van der Waals surface area contributed by atoms with E-state index in [0.717, 1.165) is 22.0 Å². The highest BCUT2D eigenvalue weighted by molar-refractivity contribution is 6.29. The van der Waals surface area contributed by atoms with Crippen LogP contribution in [0.4, 0.5) is 11.6 Å². The van der Waals surface area contributed by atoms with Crippen molar-refractivity contribution in [3.8, 4) is 11.9 Å². The number of hydrogen-bond acceptors (Lipinski definition) is 6. The van der Waals surface area contributed by atoms with E-state index >= 15 is 0 Å². The number of nitriles is 1.